The molecule has 0 aliphatic heterocycles. The van der Waals surface area contributed by atoms with E-state index in [0.717, 1.165) is 5.56 Å². The van der Waals surface area contributed by atoms with E-state index in [1.807, 2.05) is 6.07 Å². The minimum absolute atomic E-state index is 0.0167. The number of carbonyl (C=O) groups is 3. The Bertz CT molecular complexity index is 1310. The van der Waals surface area contributed by atoms with Gasteiger partial charge in [0.15, 0.2) is 0 Å². The summed E-state index contributed by atoms with van der Waals surface area (Å²) in [5.74, 6) is -3.88. The molecule has 1 unspecified atom stereocenters. The molecule has 9 nitrogen and oxygen atoms in total. The summed E-state index contributed by atoms with van der Waals surface area (Å²) >= 11 is 0. The average Bonchev–Trinajstić information content (AvgIpc) is 2.88. The molecule has 3 rings (SSSR count). The first-order valence-corrected chi connectivity index (χ1v) is 13.2. The maximum Gasteiger partial charge on any atom is 0.408 e. The van der Waals surface area contributed by atoms with Gasteiger partial charge in [-0.1, -0.05) is 72.8 Å². The summed E-state index contributed by atoms with van der Waals surface area (Å²) in [5.41, 5.74) is 1.39. The normalized spacial score (nSPS) is 13.7. The average molecular weight is 523 g/mol. The van der Waals surface area contributed by atoms with Gasteiger partial charge >= 0.3 is 18.0 Å². The summed E-state index contributed by atoms with van der Waals surface area (Å²) in [4.78, 5) is 46.5. The lowest BCUT2D eigenvalue weighted by Crippen LogP contribution is -2.37. The molecule has 0 heterocycles. The van der Waals surface area contributed by atoms with E-state index in [1.165, 1.54) is 30.3 Å². The zero-order valence-electron chi connectivity index (χ0n) is 19.7. The van der Waals surface area contributed by atoms with E-state index in [9.17, 15) is 28.9 Å². The van der Waals surface area contributed by atoms with Crippen LogP contribution in [0, 0.1) is 0 Å². The Hall–Kier alpha value is -4.20. The van der Waals surface area contributed by atoms with Crippen LogP contribution in [0.3, 0.4) is 0 Å². The third-order valence-electron chi connectivity index (χ3n) is 5.43. The van der Waals surface area contributed by atoms with Crippen molar-refractivity contribution in [2.45, 2.75) is 18.8 Å². The van der Waals surface area contributed by atoms with E-state index in [1.54, 1.807) is 54.6 Å². The van der Waals surface area contributed by atoms with Gasteiger partial charge < -0.3 is 25.2 Å². The molecule has 3 aromatic rings. The monoisotopic (exact) mass is 523 g/mol. The predicted octanol–water partition coefficient (Wildman–Crippen LogP) is 4.62. The highest BCUT2D eigenvalue weighted by molar-refractivity contribution is 7.59. The fraction of sp³-hybridized carbons (Fsp3) is 0.148. The Labute approximate surface area is 213 Å². The molecule has 0 bridgehead atoms. The van der Waals surface area contributed by atoms with Crippen LogP contribution in [0.1, 0.15) is 27.0 Å². The summed E-state index contributed by atoms with van der Waals surface area (Å²) in [6.45, 7) is -0.0485. The van der Waals surface area contributed by atoms with Crippen molar-refractivity contribution >= 4 is 31.5 Å². The second-order valence-electron chi connectivity index (χ2n) is 8.23. The number of ether oxygens (including phenoxy) is 1. The van der Waals surface area contributed by atoms with Crippen molar-refractivity contribution in [1.82, 2.24) is 5.32 Å². The molecule has 4 N–H and O–H groups in total. The van der Waals surface area contributed by atoms with Crippen molar-refractivity contribution in [3.05, 3.63) is 113 Å². The van der Waals surface area contributed by atoms with Gasteiger partial charge in [0, 0.05) is 12.0 Å². The van der Waals surface area contributed by atoms with Crippen molar-refractivity contribution in [2.24, 2.45) is 0 Å². The molecule has 0 saturated heterocycles. The van der Waals surface area contributed by atoms with Crippen LogP contribution < -0.4 is 5.32 Å². The number of hydrogen-bond acceptors (Lipinski definition) is 5. The highest BCUT2D eigenvalue weighted by atomic mass is 31.2. The summed E-state index contributed by atoms with van der Waals surface area (Å²) in [6, 6.07) is 23.0. The molecular formula is C27H26NO8P. The van der Waals surface area contributed by atoms with Gasteiger partial charge in [0.25, 0.3) is 0 Å². The predicted molar refractivity (Wildman–Crippen MR) is 137 cm³/mol. The topological polar surface area (TPSA) is 150 Å². The molecule has 0 radical (unpaired) electrons. The molecule has 0 aliphatic carbocycles. The molecule has 3 aromatic carbocycles. The van der Waals surface area contributed by atoms with Crippen molar-refractivity contribution < 1.29 is 38.8 Å². The quantitative estimate of drug-likeness (QED) is 0.210. The number of alkyl carbamates (subject to hydrolysis) is 1. The molecule has 0 aliphatic rings. The standard InChI is InChI=1S/C27H26NO8P/c29-25(30)22-13-11-20(12-14-22)15-23(26(31)32)18-37(34,35)24(16-19-7-3-1-4-8-19)28-27(33)36-17-21-9-5-2-6-10-21/h1-15,24H,16-18H2,(H,28,33)(H,29,30)(H,31,32)(H,34,35)/b23-15-/t24-/m0/s1. The Kier molecular flexibility index (Phi) is 9.38. The molecule has 2 atom stereocenters. The maximum atomic E-state index is 13.5. The van der Waals surface area contributed by atoms with Gasteiger partial charge in [-0.25, -0.2) is 14.4 Å². The molecule has 0 fully saturated rings. The SMILES string of the molecule is O=C(N[C@H](Cc1ccccc1)P(=O)(O)C/C(=C/c1ccc(C(=O)O)cc1)C(=O)O)OCc1ccccc1. The molecule has 0 saturated carbocycles. The van der Waals surface area contributed by atoms with Gasteiger partial charge in [0.1, 0.15) is 12.4 Å². The van der Waals surface area contributed by atoms with Gasteiger partial charge in [-0.15, -0.1) is 0 Å². The van der Waals surface area contributed by atoms with Crippen LogP contribution in [0.5, 0.6) is 0 Å². The summed E-state index contributed by atoms with van der Waals surface area (Å²) < 4.78 is 18.7. The number of benzene rings is 3. The molecular weight excluding hydrogens is 497 g/mol. The van der Waals surface area contributed by atoms with Crippen LogP contribution in [0.2, 0.25) is 0 Å². The van der Waals surface area contributed by atoms with Crippen molar-refractivity contribution in [3.8, 4) is 0 Å². The maximum absolute atomic E-state index is 13.5. The van der Waals surface area contributed by atoms with Gasteiger partial charge in [-0.05, 0) is 34.9 Å². The smallest absolute Gasteiger partial charge is 0.408 e. The fourth-order valence-electron chi connectivity index (χ4n) is 3.49. The van der Waals surface area contributed by atoms with Crippen LogP contribution in [-0.2, 0) is 27.1 Å². The zero-order valence-corrected chi connectivity index (χ0v) is 20.6. The van der Waals surface area contributed by atoms with Crippen LogP contribution in [0.4, 0.5) is 4.79 Å². The largest absolute Gasteiger partial charge is 0.478 e. The molecule has 192 valence electrons. The van der Waals surface area contributed by atoms with E-state index in [4.69, 9.17) is 9.84 Å². The number of aromatic carboxylic acids is 1. The molecule has 0 spiro atoms. The second kappa shape index (κ2) is 12.7. The number of hydrogen-bond donors (Lipinski definition) is 4. The lowest BCUT2D eigenvalue weighted by molar-refractivity contribution is -0.132. The summed E-state index contributed by atoms with van der Waals surface area (Å²) in [7, 11) is -4.35. The first-order chi connectivity index (χ1) is 17.6. The third kappa shape index (κ3) is 8.45. The first-order valence-electron chi connectivity index (χ1n) is 11.2. The third-order valence-corrected chi connectivity index (χ3v) is 7.51. The van der Waals surface area contributed by atoms with Gasteiger partial charge in [-0.2, -0.15) is 0 Å². The van der Waals surface area contributed by atoms with Crippen LogP contribution >= 0.6 is 7.37 Å². The fourth-order valence-corrected chi connectivity index (χ4v) is 5.22. The van der Waals surface area contributed by atoms with E-state index in [0.29, 0.717) is 11.1 Å². The number of aliphatic carboxylic acids is 1. The summed E-state index contributed by atoms with van der Waals surface area (Å²) in [6.07, 6.45) is -0.483. The van der Waals surface area contributed by atoms with Crippen molar-refractivity contribution in [2.75, 3.05) is 6.16 Å². The van der Waals surface area contributed by atoms with Gasteiger partial charge in [0.2, 0.25) is 7.37 Å². The highest BCUT2D eigenvalue weighted by Gasteiger charge is 2.35. The molecule has 0 aromatic heterocycles. The number of rotatable bonds is 11. The minimum Gasteiger partial charge on any atom is -0.478 e. The van der Waals surface area contributed by atoms with Crippen LogP contribution in [-0.4, -0.2) is 45.1 Å². The van der Waals surface area contributed by atoms with E-state index >= 15 is 0 Å². The highest BCUT2D eigenvalue weighted by Crippen LogP contribution is 2.48. The lowest BCUT2D eigenvalue weighted by Gasteiger charge is -2.24. The van der Waals surface area contributed by atoms with Crippen molar-refractivity contribution in [3.63, 3.8) is 0 Å². The first kappa shape index (κ1) is 27.4. The number of carboxylic acid groups (broad SMARTS) is 2. The van der Waals surface area contributed by atoms with Crippen molar-refractivity contribution in [1.29, 1.82) is 0 Å². The second-order valence-corrected chi connectivity index (χ2v) is 10.7. The number of amides is 1. The van der Waals surface area contributed by atoms with E-state index in [2.05, 4.69) is 5.32 Å². The van der Waals surface area contributed by atoms with Crippen LogP contribution in [0.15, 0.2) is 90.5 Å². The van der Waals surface area contributed by atoms with Gasteiger partial charge in [-0.3, -0.25) is 4.57 Å². The molecule has 10 heteroatoms. The summed E-state index contributed by atoms with van der Waals surface area (Å²) in [5, 5.41) is 21.2. The zero-order chi connectivity index (χ0) is 26.8. The molecule has 1 amide bonds. The molecule has 37 heavy (non-hydrogen) atoms. The number of carboxylic acids is 2. The Morgan fingerprint density at radius 2 is 1.43 bits per heavy atom. The number of nitrogens with one attached hydrogen (secondary N) is 1. The van der Waals surface area contributed by atoms with Crippen LogP contribution in [0.25, 0.3) is 6.08 Å². The van der Waals surface area contributed by atoms with E-state index in [-0.39, 0.29) is 24.2 Å². The Morgan fingerprint density at radius 3 is 1.97 bits per heavy atom. The van der Waals surface area contributed by atoms with Gasteiger partial charge in [0.05, 0.1) is 11.7 Å². The Balaban J connectivity index is 1.81. The number of carbonyl (C=O) groups excluding carboxylic acids is 1. The Morgan fingerprint density at radius 1 is 0.865 bits per heavy atom. The van der Waals surface area contributed by atoms with E-state index < -0.39 is 37.3 Å². The lowest BCUT2D eigenvalue weighted by atomic mass is 10.1. The minimum atomic E-state index is -4.35.